The topological polar surface area (TPSA) is 86.3 Å². The van der Waals surface area contributed by atoms with Crippen LogP contribution >= 0.6 is 0 Å². The molecule has 0 heterocycles. The summed E-state index contributed by atoms with van der Waals surface area (Å²) < 4.78 is 21.7. The van der Waals surface area contributed by atoms with E-state index >= 15 is 0 Å². The molecular weight excluding hydrogens is 448 g/mol. The van der Waals surface area contributed by atoms with Gasteiger partial charge in [0.2, 0.25) is 5.91 Å². The second-order valence-corrected chi connectivity index (χ2v) is 8.73. The third-order valence-electron chi connectivity index (χ3n) is 6.29. The molecule has 2 amide bonds. The number of nitrogens with one attached hydrogen (secondary N) is 1. The van der Waals surface area contributed by atoms with Gasteiger partial charge in [-0.1, -0.05) is 31.4 Å². The van der Waals surface area contributed by atoms with Gasteiger partial charge in [0.25, 0.3) is 5.91 Å². The van der Waals surface area contributed by atoms with Gasteiger partial charge in [-0.2, -0.15) is 0 Å². The first-order valence-corrected chi connectivity index (χ1v) is 12.0. The molecule has 0 bridgehead atoms. The lowest BCUT2D eigenvalue weighted by Crippen LogP contribution is -2.51. The van der Waals surface area contributed by atoms with Crippen LogP contribution in [0.3, 0.4) is 0 Å². The van der Waals surface area contributed by atoms with Crippen LogP contribution in [0.4, 0.5) is 0 Å². The highest BCUT2D eigenvalue weighted by Gasteiger charge is 2.28. The maximum atomic E-state index is 13.3. The van der Waals surface area contributed by atoms with Crippen molar-refractivity contribution in [2.75, 3.05) is 27.9 Å². The summed E-state index contributed by atoms with van der Waals surface area (Å²) in [5.41, 5.74) is 0.859. The summed E-state index contributed by atoms with van der Waals surface area (Å²) in [6.07, 6.45) is 5.38. The molecule has 1 fully saturated rings. The summed E-state index contributed by atoms with van der Waals surface area (Å²) in [6, 6.07) is 12.1. The second-order valence-electron chi connectivity index (χ2n) is 8.73. The molecule has 2 aromatic rings. The average molecular weight is 485 g/mol. The third kappa shape index (κ3) is 7.53. The molecule has 190 valence electrons. The van der Waals surface area contributed by atoms with Crippen molar-refractivity contribution in [1.29, 1.82) is 0 Å². The van der Waals surface area contributed by atoms with Gasteiger partial charge >= 0.3 is 0 Å². The molecule has 2 aromatic carbocycles. The number of rotatable bonds is 11. The van der Waals surface area contributed by atoms with Crippen molar-refractivity contribution < 1.29 is 28.5 Å². The van der Waals surface area contributed by atoms with Crippen LogP contribution in [-0.4, -0.2) is 56.7 Å². The minimum absolute atomic E-state index is 0.156. The molecule has 0 radical (unpaired) electrons. The highest BCUT2D eigenvalue weighted by Crippen LogP contribution is 2.27. The number of carbonyl (C=O) groups is 2. The van der Waals surface area contributed by atoms with Gasteiger partial charge in [-0.25, -0.2) is 0 Å². The summed E-state index contributed by atoms with van der Waals surface area (Å²) in [7, 11) is 4.69. The van der Waals surface area contributed by atoms with Crippen LogP contribution in [-0.2, 0) is 16.1 Å². The standard InChI is InChI=1S/C27H36N2O6/c1-19(27(31)28-21-10-6-5-7-11-21)29(17-20-9-8-12-22(13-20)32-2)26(30)18-35-25-15-23(33-3)14-24(16-25)34-4/h8-9,12-16,19,21H,5-7,10-11,17-18H2,1-4H3,(H,28,31)/t19-/m1/s1. The highest BCUT2D eigenvalue weighted by atomic mass is 16.5. The van der Waals surface area contributed by atoms with Crippen molar-refractivity contribution in [3.05, 3.63) is 48.0 Å². The van der Waals surface area contributed by atoms with Crippen LogP contribution < -0.4 is 24.3 Å². The first-order chi connectivity index (χ1) is 16.9. The Kier molecular flexibility index (Phi) is 9.64. The lowest BCUT2D eigenvalue weighted by atomic mass is 9.95. The van der Waals surface area contributed by atoms with Crippen LogP contribution in [0.15, 0.2) is 42.5 Å². The number of hydrogen-bond acceptors (Lipinski definition) is 6. The minimum Gasteiger partial charge on any atom is -0.497 e. The monoisotopic (exact) mass is 484 g/mol. The number of amides is 2. The largest absolute Gasteiger partial charge is 0.497 e. The molecule has 35 heavy (non-hydrogen) atoms. The molecule has 1 aliphatic rings. The molecule has 3 rings (SSSR count). The Morgan fingerprint density at radius 1 is 0.914 bits per heavy atom. The van der Waals surface area contributed by atoms with E-state index in [2.05, 4.69) is 5.32 Å². The van der Waals surface area contributed by atoms with Crippen LogP contribution in [0.25, 0.3) is 0 Å². The van der Waals surface area contributed by atoms with Gasteiger partial charge in [-0.15, -0.1) is 0 Å². The number of ether oxygens (including phenoxy) is 4. The van der Waals surface area contributed by atoms with Crippen molar-refractivity contribution in [2.24, 2.45) is 0 Å². The van der Waals surface area contributed by atoms with E-state index < -0.39 is 6.04 Å². The average Bonchev–Trinajstić information content (AvgIpc) is 2.90. The summed E-state index contributed by atoms with van der Waals surface area (Å²) in [6.45, 7) is 1.77. The predicted octanol–water partition coefficient (Wildman–Crippen LogP) is 3.96. The summed E-state index contributed by atoms with van der Waals surface area (Å²) in [4.78, 5) is 28.0. The van der Waals surface area contributed by atoms with Gasteiger partial charge in [0.1, 0.15) is 29.0 Å². The smallest absolute Gasteiger partial charge is 0.261 e. The van der Waals surface area contributed by atoms with Crippen LogP contribution in [0.2, 0.25) is 0 Å². The van der Waals surface area contributed by atoms with E-state index in [4.69, 9.17) is 18.9 Å². The van der Waals surface area contributed by atoms with Crippen molar-refractivity contribution in [3.8, 4) is 23.0 Å². The zero-order chi connectivity index (χ0) is 25.2. The summed E-state index contributed by atoms with van der Waals surface area (Å²) in [5, 5.41) is 3.13. The van der Waals surface area contributed by atoms with Crippen molar-refractivity contribution in [1.82, 2.24) is 10.2 Å². The van der Waals surface area contributed by atoms with Gasteiger partial charge in [0.05, 0.1) is 21.3 Å². The molecule has 8 heteroatoms. The molecule has 1 N–H and O–H groups in total. The second kappa shape index (κ2) is 12.9. The van der Waals surface area contributed by atoms with Gasteiger partial charge in [-0.3, -0.25) is 9.59 Å². The SMILES string of the molecule is COc1cccc(CN(C(=O)COc2cc(OC)cc(OC)c2)[C@H](C)C(=O)NC2CCCCC2)c1. The first kappa shape index (κ1) is 26.2. The Morgan fingerprint density at radius 3 is 2.17 bits per heavy atom. The fourth-order valence-electron chi connectivity index (χ4n) is 4.21. The highest BCUT2D eigenvalue weighted by molar-refractivity contribution is 5.88. The lowest BCUT2D eigenvalue weighted by molar-refractivity contribution is -0.142. The number of hydrogen-bond donors (Lipinski definition) is 1. The Morgan fingerprint density at radius 2 is 1.54 bits per heavy atom. The van der Waals surface area contributed by atoms with Crippen LogP contribution in [0.5, 0.6) is 23.0 Å². The van der Waals surface area contributed by atoms with Crippen LogP contribution in [0.1, 0.15) is 44.6 Å². The third-order valence-corrected chi connectivity index (χ3v) is 6.29. The van der Waals surface area contributed by atoms with Gasteiger partial charge in [-0.05, 0) is 37.5 Å². The zero-order valence-corrected chi connectivity index (χ0v) is 21.0. The number of benzene rings is 2. The summed E-state index contributed by atoms with van der Waals surface area (Å²) >= 11 is 0. The van der Waals surface area contributed by atoms with E-state index in [9.17, 15) is 9.59 Å². The number of carbonyl (C=O) groups excluding carboxylic acids is 2. The molecule has 1 atom stereocenters. The van der Waals surface area contributed by atoms with E-state index in [1.807, 2.05) is 24.3 Å². The van der Waals surface area contributed by atoms with Gasteiger partial charge in [0, 0.05) is 30.8 Å². The normalized spacial score (nSPS) is 14.5. The molecule has 1 saturated carbocycles. The van der Waals surface area contributed by atoms with Gasteiger partial charge < -0.3 is 29.2 Å². The Labute approximate surface area is 207 Å². The molecular formula is C27H36N2O6. The molecule has 0 spiro atoms. The molecule has 1 aliphatic carbocycles. The molecule has 0 saturated heterocycles. The molecule has 0 aliphatic heterocycles. The molecule has 0 unspecified atom stereocenters. The summed E-state index contributed by atoms with van der Waals surface area (Å²) in [5.74, 6) is 1.78. The van der Waals surface area contributed by atoms with Crippen molar-refractivity contribution in [3.63, 3.8) is 0 Å². The van der Waals surface area contributed by atoms with E-state index in [0.717, 1.165) is 31.2 Å². The predicted molar refractivity (Wildman–Crippen MR) is 133 cm³/mol. The Balaban J connectivity index is 1.75. The Bertz CT molecular complexity index is 967. The van der Waals surface area contributed by atoms with Crippen molar-refractivity contribution in [2.45, 2.75) is 57.7 Å². The van der Waals surface area contributed by atoms with Crippen LogP contribution in [0, 0.1) is 0 Å². The molecule has 0 aromatic heterocycles. The zero-order valence-electron chi connectivity index (χ0n) is 21.0. The van der Waals surface area contributed by atoms with Crippen molar-refractivity contribution >= 4 is 11.8 Å². The van der Waals surface area contributed by atoms with E-state index in [1.54, 1.807) is 51.4 Å². The fraction of sp³-hybridized carbons (Fsp3) is 0.481. The number of nitrogens with zero attached hydrogens (tertiary/aromatic N) is 1. The maximum Gasteiger partial charge on any atom is 0.261 e. The van der Waals surface area contributed by atoms with E-state index in [-0.39, 0.29) is 31.0 Å². The molecule has 8 nitrogen and oxygen atoms in total. The minimum atomic E-state index is -0.668. The number of methoxy groups -OCH3 is 3. The fourth-order valence-corrected chi connectivity index (χ4v) is 4.21. The maximum absolute atomic E-state index is 13.3. The van der Waals surface area contributed by atoms with E-state index in [0.29, 0.717) is 23.0 Å². The first-order valence-electron chi connectivity index (χ1n) is 12.0. The van der Waals surface area contributed by atoms with E-state index in [1.165, 1.54) is 6.42 Å². The van der Waals surface area contributed by atoms with Gasteiger partial charge in [0.15, 0.2) is 6.61 Å². The Hall–Kier alpha value is -3.42. The quantitative estimate of drug-likeness (QED) is 0.520. The lowest BCUT2D eigenvalue weighted by Gasteiger charge is -2.31.